The van der Waals surface area contributed by atoms with Gasteiger partial charge in [0.25, 0.3) is 5.91 Å². The van der Waals surface area contributed by atoms with Crippen molar-refractivity contribution in [1.82, 2.24) is 9.97 Å². The molecule has 0 bridgehead atoms. The Morgan fingerprint density at radius 1 is 0.900 bits per heavy atom. The Kier molecular flexibility index (Phi) is 6.88. The van der Waals surface area contributed by atoms with Crippen molar-refractivity contribution in [2.24, 2.45) is 0 Å². The van der Waals surface area contributed by atoms with E-state index < -0.39 is 24.5 Å². The van der Waals surface area contributed by atoms with Crippen LogP contribution >= 0.6 is 11.3 Å². The third-order valence-electron chi connectivity index (χ3n) is 6.77. The predicted octanol–water partition coefficient (Wildman–Crippen LogP) is 6.03. The predicted molar refractivity (Wildman–Crippen MR) is 154 cm³/mol. The summed E-state index contributed by atoms with van der Waals surface area (Å²) in [4.78, 5) is 47.7. The molecule has 0 saturated heterocycles. The summed E-state index contributed by atoms with van der Waals surface area (Å²) >= 11 is 1.33. The molecular formula is C31H25N3O5S. The third-order valence-corrected chi connectivity index (χ3v) is 7.95. The van der Waals surface area contributed by atoms with Crippen molar-refractivity contribution in [3.63, 3.8) is 0 Å². The normalized spacial score (nSPS) is 11.9. The van der Waals surface area contributed by atoms with Crippen LogP contribution in [0.2, 0.25) is 0 Å². The molecule has 1 aliphatic carbocycles. The second-order valence-corrected chi connectivity index (χ2v) is 10.3. The van der Waals surface area contributed by atoms with Crippen molar-refractivity contribution >= 4 is 45.2 Å². The maximum atomic E-state index is 13.1. The highest BCUT2D eigenvalue weighted by atomic mass is 32.1. The van der Waals surface area contributed by atoms with Crippen molar-refractivity contribution in [2.45, 2.75) is 19.8 Å². The first-order valence-electron chi connectivity index (χ1n) is 13.0. The molecule has 6 rings (SSSR count). The lowest BCUT2D eigenvalue weighted by molar-refractivity contribution is -0.119. The van der Waals surface area contributed by atoms with Crippen molar-refractivity contribution < 1.29 is 23.9 Å². The Hall–Kier alpha value is -4.76. The average Bonchev–Trinajstić information content (AvgIpc) is 3.57. The number of nitrogens with zero attached hydrogens (tertiary/aromatic N) is 1. The standard InChI is InChI=1S/C31H25N3O5S/c1-2-38-31(37)26-22-16-15-18-9-3-4-10-19(18)27(22)40-29(26)34-25(35)17-39-30(36)21-12-6-5-11-20(21)28-32-23-13-7-8-14-24(23)33-28/h3-14H,2,15-17H2,1H3,(H,32,33)(H,34,35). The number of esters is 2. The first kappa shape index (κ1) is 25.5. The lowest BCUT2D eigenvalue weighted by Gasteiger charge is -2.16. The average molecular weight is 552 g/mol. The topological polar surface area (TPSA) is 110 Å². The van der Waals surface area contributed by atoms with Crippen LogP contribution in [-0.2, 0) is 27.1 Å². The van der Waals surface area contributed by atoms with Gasteiger partial charge in [0.2, 0.25) is 0 Å². The van der Waals surface area contributed by atoms with Gasteiger partial charge in [-0.3, -0.25) is 4.79 Å². The number of ether oxygens (including phenoxy) is 2. The van der Waals surface area contributed by atoms with Crippen LogP contribution in [0.5, 0.6) is 0 Å². The Balaban J connectivity index is 1.21. The number of carbonyl (C=O) groups excluding carboxylic acids is 3. The molecule has 2 heterocycles. The maximum Gasteiger partial charge on any atom is 0.341 e. The van der Waals surface area contributed by atoms with E-state index in [9.17, 15) is 14.4 Å². The third kappa shape index (κ3) is 4.76. The molecule has 9 heteroatoms. The summed E-state index contributed by atoms with van der Waals surface area (Å²) in [6.45, 7) is 1.44. The van der Waals surface area contributed by atoms with E-state index in [1.54, 1.807) is 31.2 Å². The van der Waals surface area contributed by atoms with E-state index in [0.717, 1.165) is 33.5 Å². The fourth-order valence-corrected chi connectivity index (χ4v) is 6.28. The number of aromatic amines is 1. The summed E-state index contributed by atoms with van der Waals surface area (Å²) in [6, 6.07) is 22.6. The zero-order valence-electron chi connectivity index (χ0n) is 21.7. The molecule has 0 saturated carbocycles. The number of imidazole rings is 1. The number of thiophene rings is 1. The zero-order valence-corrected chi connectivity index (χ0v) is 22.5. The second-order valence-electron chi connectivity index (χ2n) is 9.26. The molecule has 0 spiro atoms. The number of hydrogen-bond donors (Lipinski definition) is 2. The molecule has 8 nitrogen and oxygen atoms in total. The Morgan fingerprint density at radius 3 is 2.48 bits per heavy atom. The van der Waals surface area contributed by atoms with Crippen molar-refractivity contribution in [3.8, 4) is 21.8 Å². The highest BCUT2D eigenvalue weighted by Gasteiger charge is 2.30. The Morgan fingerprint density at radius 2 is 1.65 bits per heavy atom. The van der Waals surface area contributed by atoms with E-state index >= 15 is 0 Å². The molecular weight excluding hydrogens is 526 g/mol. The van der Waals surface area contributed by atoms with Gasteiger partial charge < -0.3 is 19.8 Å². The molecule has 1 amide bonds. The van der Waals surface area contributed by atoms with Crippen molar-refractivity contribution in [1.29, 1.82) is 0 Å². The summed E-state index contributed by atoms with van der Waals surface area (Å²) in [5.41, 5.74) is 5.95. The van der Waals surface area contributed by atoms with Gasteiger partial charge in [-0.1, -0.05) is 54.6 Å². The number of nitrogens with one attached hydrogen (secondary N) is 2. The number of aromatic nitrogens is 2. The van der Waals surface area contributed by atoms with Gasteiger partial charge >= 0.3 is 11.9 Å². The number of aryl methyl sites for hydroxylation is 1. The number of carbonyl (C=O) groups is 3. The molecule has 0 atom stereocenters. The van der Waals surface area contributed by atoms with Crippen LogP contribution in [0, 0.1) is 0 Å². The van der Waals surface area contributed by atoms with Crippen LogP contribution < -0.4 is 5.32 Å². The molecule has 3 aromatic carbocycles. The number of amides is 1. The Labute approximate surface area is 234 Å². The van der Waals surface area contributed by atoms with Gasteiger partial charge in [-0.15, -0.1) is 11.3 Å². The second kappa shape index (κ2) is 10.8. The smallest absolute Gasteiger partial charge is 0.341 e. The molecule has 40 heavy (non-hydrogen) atoms. The first-order valence-corrected chi connectivity index (χ1v) is 13.8. The fraction of sp³-hybridized carbons (Fsp3) is 0.161. The summed E-state index contributed by atoms with van der Waals surface area (Å²) in [7, 11) is 0. The molecule has 0 fully saturated rings. The van der Waals surface area contributed by atoms with Gasteiger partial charge in [0.05, 0.1) is 28.8 Å². The summed E-state index contributed by atoms with van der Waals surface area (Å²) in [5.74, 6) is -1.16. The quantitative estimate of drug-likeness (QED) is 0.239. The van der Waals surface area contributed by atoms with E-state index in [-0.39, 0.29) is 12.2 Å². The molecule has 0 radical (unpaired) electrons. The number of hydrogen-bond acceptors (Lipinski definition) is 7. The molecule has 2 aromatic heterocycles. The van der Waals surface area contributed by atoms with Gasteiger partial charge in [0, 0.05) is 10.4 Å². The van der Waals surface area contributed by atoms with Gasteiger partial charge in [-0.2, -0.15) is 0 Å². The lowest BCUT2D eigenvalue weighted by atomic mass is 9.89. The number of benzene rings is 3. The zero-order chi connectivity index (χ0) is 27.6. The minimum Gasteiger partial charge on any atom is -0.462 e. The minimum absolute atomic E-state index is 0.218. The van der Waals surface area contributed by atoms with Crippen LogP contribution in [0.25, 0.3) is 32.9 Å². The fourth-order valence-electron chi connectivity index (χ4n) is 4.97. The molecule has 1 aliphatic rings. The van der Waals surface area contributed by atoms with E-state index in [2.05, 4.69) is 21.4 Å². The van der Waals surface area contributed by atoms with Gasteiger partial charge in [-0.05, 0) is 54.7 Å². The van der Waals surface area contributed by atoms with Gasteiger partial charge in [0.1, 0.15) is 10.8 Å². The SMILES string of the molecule is CCOC(=O)c1c(NC(=O)COC(=O)c2ccccc2-c2nc3ccccc3[nH]2)sc2c1CCc1ccccc1-2. The largest absolute Gasteiger partial charge is 0.462 e. The monoisotopic (exact) mass is 551 g/mol. The van der Waals surface area contributed by atoms with E-state index in [1.165, 1.54) is 16.9 Å². The Bertz CT molecular complexity index is 1740. The van der Waals surface area contributed by atoms with Crippen LogP contribution in [-0.4, -0.2) is 41.0 Å². The number of para-hydroxylation sites is 2. The van der Waals surface area contributed by atoms with Crippen LogP contribution in [0.15, 0.2) is 72.8 Å². The molecule has 2 N–H and O–H groups in total. The molecule has 0 aliphatic heterocycles. The van der Waals surface area contributed by atoms with Crippen molar-refractivity contribution in [3.05, 3.63) is 95.1 Å². The van der Waals surface area contributed by atoms with E-state index in [0.29, 0.717) is 28.4 Å². The minimum atomic E-state index is -0.656. The van der Waals surface area contributed by atoms with E-state index in [1.807, 2.05) is 42.5 Å². The number of H-pyrrole nitrogens is 1. The summed E-state index contributed by atoms with van der Waals surface area (Å²) < 4.78 is 10.7. The molecule has 0 unspecified atom stereocenters. The van der Waals surface area contributed by atoms with Gasteiger partial charge in [-0.25, -0.2) is 14.6 Å². The first-order chi connectivity index (χ1) is 19.5. The lowest BCUT2D eigenvalue weighted by Crippen LogP contribution is -2.22. The molecule has 5 aromatic rings. The summed E-state index contributed by atoms with van der Waals surface area (Å²) in [6.07, 6.45) is 1.46. The molecule has 200 valence electrons. The van der Waals surface area contributed by atoms with Gasteiger partial charge in [0.15, 0.2) is 6.61 Å². The number of rotatable bonds is 7. The van der Waals surface area contributed by atoms with E-state index in [4.69, 9.17) is 9.47 Å². The highest BCUT2D eigenvalue weighted by molar-refractivity contribution is 7.20. The number of anilines is 1. The summed E-state index contributed by atoms with van der Waals surface area (Å²) in [5, 5.41) is 3.18. The van der Waals surface area contributed by atoms with Crippen LogP contribution in [0.3, 0.4) is 0 Å². The van der Waals surface area contributed by atoms with Crippen LogP contribution in [0.4, 0.5) is 5.00 Å². The van der Waals surface area contributed by atoms with Crippen molar-refractivity contribution in [2.75, 3.05) is 18.5 Å². The highest BCUT2D eigenvalue weighted by Crippen LogP contribution is 2.45. The maximum absolute atomic E-state index is 13.1. The number of fused-ring (bicyclic) bond motifs is 4. The van der Waals surface area contributed by atoms with Crippen LogP contribution in [0.1, 0.15) is 38.8 Å².